The fourth-order valence-corrected chi connectivity index (χ4v) is 1.81. The molecule has 0 aromatic carbocycles. The summed E-state index contributed by atoms with van der Waals surface area (Å²) in [5.41, 5.74) is 0. The van der Waals surface area contributed by atoms with E-state index in [0.717, 1.165) is 19.2 Å². The molecule has 72 valence electrons. The SMILES string of the molecule is CN(CCOI)C1CCNCC1. The van der Waals surface area contributed by atoms with Crippen LogP contribution in [0.1, 0.15) is 12.8 Å². The van der Waals surface area contributed by atoms with Crippen LogP contribution < -0.4 is 5.32 Å². The molecule has 0 aromatic heterocycles. The van der Waals surface area contributed by atoms with Crippen LogP contribution in [-0.2, 0) is 3.07 Å². The summed E-state index contributed by atoms with van der Waals surface area (Å²) in [6.45, 7) is 4.22. The van der Waals surface area contributed by atoms with Crippen molar-refractivity contribution in [1.82, 2.24) is 10.2 Å². The number of halogens is 1. The van der Waals surface area contributed by atoms with Gasteiger partial charge >= 0.3 is 0 Å². The molecule has 0 bridgehead atoms. The number of piperidine rings is 1. The van der Waals surface area contributed by atoms with E-state index in [9.17, 15) is 0 Å². The van der Waals surface area contributed by atoms with Crippen LogP contribution in [0.4, 0.5) is 0 Å². The van der Waals surface area contributed by atoms with Gasteiger partial charge in [0.2, 0.25) is 0 Å². The second kappa shape index (κ2) is 6.12. The number of hydrogen-bond donors (Lipinski definition) is 1. The van der Waals surface area contributed by atoms with Gasteiger partial charge in [0, 0.05) is 12.6 Å². The van der Waals surface area contributed by atoms with Crippen molar-refractivity contribution in [2.24, 2.45) is 0 Å². The van der Waals surface area contributed by atoms with E-state index < -0.39 is 0 Å². The quantitative estimate of drug-likeness (QED) is 0.781. The third-order valence-corrected chi connectivity index (χ3v) is 2.89. The van der Waals surface area contributed by atoms with Gasteiger partial charge in [-0.2, -0.15) is 0 Å². The van der Waals surface area contributed by atoms with E-state index in [4.69, 9.17) is 3.07 Å². The molecule has 0 saturated carbocycles. The molecule has 1 fully saturated rings. The molecule has 0 atom stereocenters. The Balaban J connectivity index is 2.15. The molecule has 4 heteroatoms. The largest absolute Gasteiger partial charge is 0.317 e. The summed E-state index contributed by atoms with van der Waals surface area (Å²) in [6, 6.07) is 0.762. The fraction of sp³-hybridized carbons (Fsp3) is 1.00. The van der Waals surface area contributed by atoms with Crippen LogP contribution in [-0.4, -0.2) is 44.2 Å². The predicted molar refractivity (Wildman–Crippen MR) is 58.5 cm³/mol. The number of rotatable bonds is 4. The van der Waals surface area contributed by atoms with Crippen molar-refractivity contribution < 1.29 is 3.07 Å². The molecule has 0 spiro atoms. The van der Waals surface area contributed by atoms with Gasteiger partial charge in [0.05, 0.1) is 6.61 Å². The summed E-state index contributed by atoms with van der Waals surface area (Å²) in [6.07, 6.45) is 2.55. The lowest BCUT2D eigenvalue weighted by Gasteiger charge is -2.31. The summed E-state index contributed by atoms with van der Waals surface area (Å²) >= 11 is 1.95. The van der Waals surface area contributed by atoms with E-state index in [0.29, 0.717) is 0 Å². The highest BCUT2D eigenvalue weighted by atomic mass is 127. The first-order chi connectivity index (χ1) is 5.84. The topological polar surface area (TPSA) is 24.5 Å². The van der Waals surface area contributed by atoms with Crippen molar-refractivity contribution in [3.05, 3.63) is 0 Å². The van der Waals surface area contributed by atoms with Crippen LogP contribution in [0.15, 0.2) is 0 Å². The summed E-state index contributed by atoms with van der Waals surface area (Å²) < 4.78 is 5.02. The van der Waals surface area contributed by atoms with E-state index in [-0.39, 0.29) is 0 Å². The van der Waals surface area contributed by atoms with Crippen LogP contribution in [0.2, 0.25) is 0 Å². The van der Waals surface area contributed by atoms with Crippen molar-refractivity contribution in [3.63, 3.8) is 0 Å². The summed E-state index contributed by atoms with van der Waals surface area (Å²) in [5, 5.41) is 3.37. The third kappa shape index (κ3) is 3.55. The highest BCUT2D eigenvalue weighted by molar-refractivity contribution is 14.1. The Morgan fingerprint density at radius 1 is 1.50 bits per heavy atom. The van der Waals surface area contributed by atoms with Crippen LogP contribution in [0.25, 0.3) is 0 Å². The Hall–Kier alpha value is 0.610. The highest BCUT2D eigenvalue weighted by Gasteiger charge is 2.16. The second-order valence-corrected chi connectivity index (χ2v) is 3.90. The first-order valence-electron chi connectivity index (χ1n) is 4.49. The molecule has 12 heavy (non-hydrogen) atoms. The smallest absolute Gasteiger partial charge is 0.109 e. The van der Waals surface area contributed by atoms with Crippen LogP contribution in [0.3, 0.4) is 0 Å². The predicted octanol–water partition coefficient (Wildman–Crippen LogP) is 1.04. The van der Waals surface area contributed by atoms with Gasteiger partial charge in [-0.05, 0) is 33.0 Å². The monoisotopic (exact) mass is 284 g/mol. The molecule has 0 aromatic rings. The van der Waals surface area contributed by atoms with Gasteiger partial charge in [0.1, 0.15) is 23.0 Å². The van der Waals surface area contributed by atoms with Gasteiger partial charge in [0.25, 0.3) is 0 Å². The Kier molecular flexibility index (Phi) is 5.45. The van der Waals surface area contributed by atoms with Gasteiger partial charge < -0.3 is 13.3 Å². The minimum Gasteiger partial charge on any atom is -0.317 e. The normalized spacial score (nSPS) is 20.2. The summed E-state index contributed by atoms with van der Waals surface area (Å²) in [5.74, 6) is 0. The number of hydrogen-bond acceptors (Lipinski definition) is 3. The fourth-order valence-electron chi connectivity index (χ4n) is 1.61. The van der Waals surface area contributed by atoms with Gasteiger partial charge in [-0.15, -0.1) is 0 Å². The first-order valence-corrected chi connectivity index (χ1v) is 5.37. The van der Waals surface area contributed by atoms with Crippen LogP contribution in [0.5, 0.6) is 0 Å². The Morgan fingerprint density at radius 2 is 2.17 bits per heavy atom. The highest BCUT2D eigenvalue weighted by Crippen LogP contribution is 2.09. The zero-order valence-electron chi connectivity index (χ0n) is 7.55. The maximum atomic E-state index is 5.02. The Labute approximate surface area is 88.5 Å². The van der Waals surface area contributed by atoms with Gasteiger partial charge in [-0.3, -0.25) is 0 Å². The lowest BCUT2D eigenvalue weighted by Crippen LogP contribution is -2.42. The van der Waals surface area contributed by atoms with Gasteiger partial charge in [0.15, 0.2) is 0 Å². The second-order valence-electron chi connectivity index (χ2n) is 3.28. The van der Waals surface area contributed by atoms with Crippen molar-refractivity contribution in [2.75, 3.05) is 33.3 Å². The van der Waals surface area contributed by atoms with Crippen molar-refractivity contribution >= 4 is 23.0 Å². The van der Waals surface area contributed by atoms with E-state index in [1.165, 1.54) is 25.9 Å². The molecular formula is C8H17IN2O. The van der Waals surface area contributed by atoms with E-state index in [1.54, 1.807) is 0 Å². The standard InChI is InChI=1S/C8H17IN2O/c1-11(6-7-12-9)8-2-4-10-5-3-8/h8,10H,2-7H2,1H3. The maximum absolute atomic E-state index is 5.02. The minimum atomic E-state index is 0.762. The van der Waals surface area contributed by atoms with Crippen molar-refractivity contribution in [3.8, 4) is 0 Å². The van der Waals surface area contributed by atoms with Crippen molar-refractivity contribution in [1.29, 1.82) is 0 Å². The lowest BCUT2D eigenvalue weighted by molar-refractivity contribution is 0.180. The molecule has 1 heterocycles. The molecule has 0 aliphatic carbocycles. The maximum Gasteiger partial charge on any atom is 0.109 e. The molecule has 0 unspecified atom stereocenters. The summed E-state index contributed by atoms with van der Waals surface area (Å²) in [7, 11) is 2.19. The van der Waals surface area contributed by atoms with Crippen LogP contribution >= 0.6 is 23.0 Å². The Morgan fingerprint density at radius 3 is 2.75 bits per heavy atom. The molecule has 1 aliphatic heterocycles. The van der Waals surface area contributed by atoms with Crippen LogP contribution in [0, 0.1) is 0 Å². The molecule has 1 N–H and O–H groups in total. The minimum absolute atomic E-state index is 0.762. The summed E-state index contributed by atoms with van der Waals surface area (Å²) in [4.78, 5) is 2.40. The zero-order valence-corrected chi connectivity index (χ0v) is 9.71. The van der Waals surface area contributed by atoms with Gasteiger partial charge in [-0.1, -0.05) is 0 Å². The molecule has 1 aliphatic rings. The average Bonchev–Trinajstić information content (AvgIpc) is 2.15. The zero-order chi connectivity index (χ0) is 8.81. The molecular weight excluding hydrogens is 267 g/mol. The molecule has 1 saturated heterocycles. The third-order valence-electron chi connectivity index (χ3n) is 2.45. The number of nitrogens with zero attached hydrogens (tertiary/aromatic N) is 1. The average molecular weight is 284 g/mol. The first kappa shape index (κ1) is 10.7. The number of likely N-dealkylation sites (N-methyl/N-ethyl adjacent to an activating group) is 1. The molecule has 1 rings (SSSR count). The van der Waals surface area contributed by atoms with E-state index in [2.05, 4.69) is 17.3 Å². The number of nitrogens with one attached hydrogen (secondary N) is 1. The Bertz CT molecular complexity index is 118. The van der Waals surface area contributed by atoms with Gasteiger partial charge in [-0.25, -0.2) is 0 Å². The molecule has 0 radical (unpaired) electrons. The van der Waals surface area contributed by atoms with Crippen molar-refractivity contribution in [2.45, 2.75) is 18.9 Å². The van der Waals surface area contributed by atoms with E-state index in [1.807, 2.05) is 23.0 Å². The molecule has 3 nitrogen and oxygen atoms in total. The lowest BCUT2D eigenvalue weighted by atomic mass is 10.1. The van der Waals surface area contributed by atoms with E-state index >= 15 is 0 Å². The molecule has 0 amide bonds.